The van der Waals surface area contributed by atoms with Gasteiger partial charge in [0.1, 0.15) is 18.9 Å². The second-order valence-corrected chi connectivity index (χ2v) is 8.66. The summed E-state index contributed by atoms with van der Waals surface area (Å²) >= 11 is 0. The minimum Gasteiger partial charge on any atom is -0.486 e. The lowest BCUT2D eigenvalue weighted by atomic mass is 10.3. The second-order valence-electron chi connectivity index (χ2n) is 6.77. The highest BCUT2D eigenvalue weighted by molar-refractivity contribution is 7.89. The van der Waals surface area contributed by atoms with Crippen molar-refractivity contribution in [1.82, 2.24) is 13.7 Å². The van der Waals surface area contributed by atoms with Crippen LogP contribution in [0.2, 0.25) is 0 Å². The third-order valence-corrected chi connectivity index (χ3v) is 6.78. The van der Waals surface area contributed by atoms with Crippen molar-refractivity contribution in [3.8, 4) is 11.5 Å². The molecule has 0 bridgehead atoms. The Labute approximate surface area is 157 Å². The molecule has 8 heteroatoms. The summed E-state index contributed by atoms with van der Waals surface area (Å²) in [4.78, 5) is 4.60. The van der Waals surface area contributed by atoms with E-state index in [1.807, 2.05) is 28.8 Å². The molecule has 1 aliphatic heterocycles. The van der Waals surface area contributed by atoms with E-state index in [0.29, 0.717) is 24.7 Å². The number of imidazole rings is 1. The van der Waals surface area contributed by atoms with Gasteiger partial charge in [0.15, 0.2) is 11.5 Å². The van der Waals surface area contributed by atoms with Crippen molar-refractivity contribution in [3.05, 3.63) is 54.5 Å². The number of fused-ring (bicyclic) bond motifs is 2. The predicted octanol–water partition coefficient (Wildman–Crippen LogP) is 2.46. The Kier molecular flexibility index (Phi) is 3.84. The zero-order chi connectivity index (χ0) is 18.4. The van der Waals surface area contributed by atoms with Crippen molar-refractivity contribution in [2.75, 3.05) is 13.2 Å². The van der Waals surface area contributed by atoms with E-state index in [-0.39, 0.29) is 17.5 Å². The SMILES string of the molecule is O=S(=O)(c1ccc2c(c1)OCCO2)N(Cc1cnc2ccccn12)C1CC1. The van der Waals surface area contributed by atoms with Crippen LogP contribution < -0.4 is 9.47 Å². The van der Waals surface area contributed by atoms with E-state index in [0.717, 1.165) is 24.2 Å². The molecule has 2 aromatic heterocycles. The van der Waals surface area contributed by atoms with Gasteiger partial charge in [0.05, 0.1) is 23.3 Å². The lowest BCUT2D eigenvalue weighted by molar-refractivity contribution is 0.171. The molecular weight excluding hydrogens is 366 g/mol. The number of nitrogens with zero attached hydrogens (tertiary/aromatic N) is 3. The third kappa shape index (κ3) is 2.94. The molecule has 2 aliphatic rings. The molecule has 0 atom stereocenters. The molecule has 0 spiro atoms. The van der Waals surface area contributed by atoms with Crippen molar-refractivity contribution in [1.29, 1.82) is 0 Å². The number of benzene rings is 1. The van der Waals surface area contributed by atoms with E-state index in [1.54, 1.807) is 28.7 Å². The fourth-order valence-corrected chi connectivity index (χ4v) is 5.03. The van der Waals surface area contributed by atoms with E-state index >= 15 is 0 Å². The maximum absolute atomic E-state index is 13.4. The van der Waals surface area contributed by atoms with Crippen LogP contribution >= 0.6 is 0 Å². The summed E-state index contributed by atoms with van der Waals surface area (Å²) in [5.41, 5.74) is 1.65. The van der Waals surface area contributed by atoms with Crippen molar-refractivity contribution in [2.24, 2.45) is 0 Å². The molecule has 3 aromatic rings. The fourth-order valence-electron chi connectivity index (χ4n) is 3.35. The molecule has 1 aliphatic carbocycles. The van der Waals surface area contributed by atoms with Gasteiger partial charge in [0.25, 0.3) is 0 Å². The number of ether oxygens (including phenoxy) is 2. The number of hydrogen-bond donors (Lipinski definition) is 0. The van der Waals surface area contributed by atoms with Crippen LogP contribution in [0, 0.1) is 0 Å². The zero-order valence-corrected chi connectivity index (χ0v) is 15.4. The predicted molar refractivity (Wildman–Crippen MR) is 98.4 cm³/mol. The van der Waals surface area contributed by atoms with Gasteiger partial charge in [0.2, 0.25) is 10.0 Å². The van der Waals surface area contributed by atoms with Crippen molar-refractivity contribution >= 4 is 15.7 Å². The zero-order valence-electron chi connectivity index (χ0n) is 14.6. The Bertz CT molecular complexity index is 1110. The first-order chi connectivity index (χ1) is 13.1. The number of sulfonamides is 1. The van der Waals surface area contributed by atoms with E-state index in [9.17, 15) is 8.42 Å². The smallest absolute Gasteiger partial charge is 0.243 e. The van der Waals surface area contributed by atoms with Crippen LogP contribution in [0.3, 0.4) is 0 Å². The molecule has 1 aromatic carbocycles. The van der Waals surface area contributed by atoms with Crippen LogP contribution in [0.25, 0.3) is 5.65 Å². The van der Waals surface area contributed by atoms with Crippen LogP contribution in [0.15, 0.2) is 53.7 Å². The lowest BCUT2D eigenvalue weighted by Gasteiger charge is -2.23. The molecule has 0 radical (unpaired) electrons. The van der Waals surface area contributed by atoms with Gasteiger partial charge in [-0.05, 0) is 37.1 Å². The monoisotopic (exact) mass is 385 g/mol. The number of aromatic nitrogens is 2. The maximum Gasteiger partial charge on any atom is 0.243 e. The Hall–Kier alpha value is -2.58. The summed E-state index contributed by atoms with van der Waals surface area (Å²) in [7, 11) is -3.66. The van der Waals surface area contributed by atoms with E-state index in [4.69, 9.17) is 9.47 Å². The molecule has 0 saturated heterocycles. The molecule has 7 nitrogen and oxygen atoms in total. The van der Waals surface area contributed by atoms with Gasteiger partial charge >= 0.3 is 0 Å². The third-order valence-electron chi connectivity index (χ3n) is 4.89. The molecule has 1 saturated carbocycles. The number of rotatable bonds is 5. The van der Waals surface area contributed by atoms with Crippen LogP contribution in [0.1, 0.15) is 18.5 Å². The van der Waals surface area contributed by atoms with Crippen molar-refractivity contribution in [3.63, 3.8) is 0 Å². The van der Waals surface area contributed by atoms with Gasteiger partial charge in [-0.25, -0.2) is 13.4 Å². The largest absolute Gasteiger partial charge is 0.486 e. The van der Waals surface area contributed by atoms with Gasteiger partial charge in [0, 0.05) is 18.3 Å². The van der Waals surface area contributed by atoms with Crippen LogP contribution in [0.5, 0.6) is 11.5 Å². The van der Waals surface area contributed by atoms with Gasteiger partial charge in [-0.3, -0.25) is 0 Å². The quantitative estimate of drug-likeness (QED) is 0.675. The Morgan fingerprint density at radius 3 is 2.74 bits per heavy atom. The normalized spacial score (nSPS) is 16.8. The Balaban J connectivity index is 1.51. The molecule has 5 rings (SSSR count). The van der Waals surface area contributed by atoms with Crippen molar-refractivity contribution < 1.29 is 17.9 Å². The second kappa shape index (κ2) is 6.24. The van der Waals surface area contributed by atoms with Gasteiger partial charge in [-0.1, -0.05) is 6.07 Å². The van der Waals surface area contributed by atoms with Crippen LogP contribution in [0.4, 0.5) is 0 Å². The molecule has 0 N–H and O–H groups in total. The Morgan fingerprint density at radius 2 is 1.93 bits per heavy atom. The fraction of sp³-hybridized carbons (Fsp3) is 0.316. The summed E-state index contributed by atoms with van der Waals surface area (Å²) in [5.74, 6) is 1.06. The number of pyridine rings is 1. The maximum atomic E-state index is 13.4. The highest BCUT2D eigenvalue weighted by Crippen LogP contribution is 2.37. The van der Waals surface area contributed by atoms with E-state index in [1.165, 1.54) is 0 Å². The summed E-state index contributed by atoms with van der Waals surface area (Å²) in [5, 5.41) is 0. The highest BCUT2D eigenvalue weighted by atomic mass is 32.2. The average Bonchev–Trinajstić information content (AvgIpc) is 3.45. The highest BCUT2D eigenvalue weighted by Gasteiger charge is 2.39. The summed E-state index contributed by atoms with van der Waals surface area (Å²) < 4.78 is 41.3. The Morgan fingerprint density at radius 1 is 1.11 bits per heavy atom. The number of hydrogen-bond acceptors (Lipinski definition) is 5. The van der Waals surface area contributed by atoms with E-state index in [2.05, 4.69) is 4.98 Å². The van der Waals surface area contributed by atoms with Gasteiger partial charge in [-0.2, -0.15) is 4.31 Å². The molecule has 3 heterocycles. The standard InChI is InChI=1S/C19H19N3O4S/c23-27(24,16-6-7-17-18(11-16)26-10-9-25-17)22(14-4-5-14)13-15-12-20-19-3-1-2-8-21(15)19/h1-3,6-8,11-12,14H,4-5,9-10,13H2. The molecule has 0 unspecified atom stereocenters. The summed E-state index contributed by atoms with van der Waals surface area (Å²) in [6.07, 6.45) is 5.39. The first kappa shape index (κ1) is 16.6. The minimum absolute atomic E-state index is 0.0254. The summed E-state index contributed by atoms with van der Waals surface area (Å²) in [6, 6.07) is 10.6. The summed E-state index contributed by atoms with van der Waals surface area (Å²) in [6.45, 7) is 1.18. The first-order valence-corrected chi connectivity index (χ1v) is 10.4. The molecular formula is C19H19N3O4S. The topological polar surface area (TPSA) is 73.1 Å². The lowest BCUT2D eigenvalue weighted by Crippen LogP contribution is -2.33. The molecule has 0 amide bonds. The minimum atomic E-state index is -3.66. The van der Waals surface area contributed by atoms with Crippen LogP contribution in [-0.2, 0) is 16.6 Å². The molecule has 140 valence electrons. The average molecular weight is 385 g/mol. The van der Waals surface area contributed by atoms with Gasteiger partial charge < -0.3 is 13.9 Å². The van der Waals surface area contributed by atoms with Crippen molar-refractivity contribution in [2.45, 2.75) is 30.3 Å². The first-order valence-electron chi connectivity index (χ1n) is 8.95. The van der Waals surface area contributed by atoms with Gasteiger partial charge in [-0.15, -0.1) is 0 Å². The van der Waals surface area contributed by atoms with Crippen LogP contribution in [-0.4, -0.2) is 41.4 Å². The molecule has 1 fully saturated rings. The van der Waals surface area contributed by atoms with E-state index < -0.39 is 10.0 Å². The molecule has 27 heavy (non-hydrogen) atoms.